The first-order chi connectivity index (χ1) is 7.99. The van der Waals surface area contributed by atoms with Crippen LogP contribution >= 0.6 is 23.2 Å². The SMILES string of the molecule is Cc1cc(Cl)ccc1N1CC(C(=O)Cl)CC1=O. The van der Waals surface area contributed by atoms with Gasteiger partial charge in [0.2, 0.25) is 11.1 Å². The summed E-state index contributed by atoms with van der Waals surface area (Å²) in [6.07, 6.45) is 0.185. The zero-order chi connectivity index (χ0) is 12.6. The Bertz CT molecular complexity index is 487. The van der Waals surface area contributed by atoms with Gasteiger partial charge in [0, 0.05) is 23.7 Å². The lowest BCUT2D eigenvalue weighted by Gasteiger charge is -2.18. The average Bonchev–Trinajstić information content (AvgIpc) is 2.61. The van der Waals surface area contributed by atoms with Crippen LogP contribution in [0, 0.1) is 12.8 Å². The van der Waals surface area contributed by atoms with Crippen LogP contribution in [0.25, 0.3) is 0 Å². The molecule has 3 nitrogen and oxygen atoms in total. The topological polar surface area (TPSA) is 37.4 Å². The minimum absolute atomic E-state index is 0.0746. The molecule has 1 aromatic carbocycles. The van der Waals surface area contributed by atoms with E-state index < -0.39 is 11.2 Å². The number of halogens is 2. The van der Waals surface area contributed by atoms with Crippen LogP contribution < -0.4 is 4.90 Å². The quantitative estimate of drug-likeness (QED) is 0.776. The van der Waals surface area contributed by atoms with E-state index in [1.807, 2.05) is 6.92 Å². The van der Waals surface area contributed by atoms with Gasteiger partial charge in [0.15, 0.2) is 0 Å². The number of carbonyl (C=O) groups is 2. The fourth-order valence-corrected chi connectivity index (χ4v) is 2.39. The van der Waals surface area contributed by atoms with Crippen molar-refractivity contribution in [1.82, 2.24) is 0 Å². The first-order valence-electron chi connectivity index (χ1n) is 5.25. The highest BCUT2D eigenvalue weighted by atomic mass is 35.5. The molecule has 1 aliphatic heterocycles. The van der Waals surface area contributed by atoms with Crippen molar-refractivity contribution in [3.63, 3.8) is 0 Å². The summed E-state index contributed by atoms with van der Waals surface area (Å²) in [4.78, 5) is 24.5. The van der Waals surface area contributed by atoms with Gasteiger partial charge in [-0.3, -0.25) is 9.59 Å². The van der Waals surface area contributed by atoms with E-state index in [4.69, 9.17) is 23.2 Å². The highest BCUT2D eigenvalue weighted by Gasteiger charge is 2.34. The number of carbonyl (C=O) groups excluding carboxylic acids is 2. The molecule has 1 heterocycles. The molecular weight excluding hydrogens is 261 g/mol. The molecule has 0 radical (unpaired) electrons. The molecule has 0 spiro atoms. The van der Waals surface area contributed by atoms with E-state index in [9.17, 15) is 9.59 Å². The van der Waals surface area contributed by atoms with E-state index in [0.717, 1.165) is 11.3 Å². The lowest BCUT2D eigenvalue weighted by molar-refractivity contribution is -0.120. The maximum absolute atomic E-state index is 11.8. The summed E-state index contributed by atoms with van der Waals surface area (Å²) in [5.74, 6) is -0.478. The lowest BCUT2D eigenvalue weighted by atomic mass is 10.1. The lowest BCUT2D eigenvalue weighted by Crippen LogP contribution is -2.25. The molecule has 0 saturated carbocycles. The fourth-order valence-electron chi connectivity index (χ4n) is 2.01. The van der Waals surface area contributed by atoms with Crippen LogP contribution in [0.4, 0.5) is 5.69 Å². The second-order valence-corrected chi connectivity index (χ2v) is 4.95. The second-order valence-electron chi connectivity index (χ2n) is 4.14. The number of rotatable bonds is 2. The highest BCUT2D eigenvalue weighted by molar-refractivity contribution is 6.64. The molecule has 1 amide bonds. The van der Waals surface area contributed by atoms with Crippen molar-refractivity contribution in [3.8, 4) is 0 Å². The van der Waals surface area contributed by atoms with Crippen LogP contribution in [0.15, 0.2) is 18.2 Å². The number of hydrogen-bond acceptors (Lipinski definition) is 2. The Kier molecular flexibility index (Phi) is 3.40. The highest BCUT2D eigenvalue weighted by Crippen LogP contribution is 2.30. The third kappa shape index (κ3) is 2.45. The van der Waals surface area contributed by atoms with Crippen molar-refractivity contribution in [2.75, 3.05) is 11.4 Å². The van der Waals surface area contributed by atoms with Gasteiger partial charge in [-0.05, 0) is 42.3 Å². The van der Waals surface area contributed by atoms with Crippen molar-refractivity contribution in [1.29, 1.82) is 0 Å². The Balaban J connectivity index is 2.29. The predicted octanol–water partition coefficient (Wildman–Crippen LogP) is 2.77. The molecule has 2 rings (SSSR count). The monoisotopic (exact) mass is 271 g/mol. The van der Waals surface area contributed by atoms with E-state index in [1.54, 1.807) is 23.1 Å². The van der Waals surface area contributed by atoms with Crippen LogP contribution in [-0.4, -0.2) is 17.7 Å². The molecule has 1 unspecified atom stereocenters. The van der Waals surface area contributed by atoms with Gasteiger partial charge in [0.25, 0.3) is 0 Å². The summed E-state index contributed by atoms with van der Waals surface area (Å²) >= 11 is 11.3. The fraction of sp³-hybridized carbons (Fsp3) is 0.333. The van der Waals surface area contributed by atoms with Crippen LogP contribution in [0.2, 0.25) is 5.02 Å². The van der Waals surface area contributed by atoms with Gasteiger partial charge in [0.05, 0.1) is 5.92 Å². The minimum Gasteiger partial charge on any atom is -0.311 e. The van der Waals surface area contributed by atoms with E-state index in [0.29, 0.717) is 11.6 Å². The second kappa shape index (κ2) is 4.67. The van der Waals surface area contributed by atoms with Gasteiger partial charge < -0.3 is 4.90 Å². The van der Waals surface area contributed by atoms with Crippen molar-refractivity contribution in [2.24, 2.45) is 5.92 Å². The van der Waals surface area contributed by atoms with E-state index in [1.165, 1.54) is 0 Å². The number of benzene rings is 1. The number of anilines is 1. The molecule has 0 bridgehead atoms. The molecular formula is C12H11Cl2NO2. The summed E-state index contributed by atoms with van der Waals surface area (Å²) in [5, 5.41) is 0.176. The molecule has 0 N–H and O–H groups in total. The molecule has 0 aliphatic carbocycles. The smallest absolute Gasteiger partial charge is 0.227 e. The Morgan fingerprint density at radius 1 is 1.47 bits per heavy atom. The largest absolute Gasteiger partial charge is 0.311 e. The molecule has 1 aromatic rings. The van der Waals surface area contributed by atoms with Gasteiger partial charge in [-0.2, -0.15) is 0 Å². The zero-order valence-electron chi connectivity index (χ0n) is 9.24. The Hall–Kier alpha value is -1.06. The summed E-state index contributed by atoms with van der Waals surface area (Å²) in [6, 6.07) is 5.31. The summed E-state index contributed by atoms with van der Waals surface area (Å²) < 4.78 is 0. The third-order valence-corrected chi connectivity index (χ3v) is 3.44. The van der Waals surface area contributed by atoms with Crippen LogP contribution in [0.3, 0.4) is 0 Å². The number of amides is 1. The maximum atomic E-state index is 11.8. The van der Waals surface area contributed by atoms with Gasteiger partial charge in [-0.15, -0.1) is 0 Å². The van der Waals surface area contributed by atoms with Gasteiger partial charge in [0.1, 0.15) is 0 Å². The standard InChI is InChI=1S/C12H11Cl2NO2/c1-7-4-9(13)2-3-10(7)15-6-8(12(14)17)5-11(15)16/h2-4,8H,5-6H2,1H3. The molecule has 1 fully saturated rings. The molecule has 90 valence electrons. The third-order valence-electron chi connectivity index (χ3n) is 2.90. The van der Waals surface area contributed by atoms with Crippen molar-refractivity contribution < 1.29 is 9.59 Å². The molecule has 17 heavy (non-hydrogen) atoms. The van der Waals surface area contributed by atoms with E-state index >= 15 is 0 Å². The normalized spacial score (nSPS) is 19.8. The van der Waals surface area contributed by atoms with Gasteiger partial charge in [-0.1, -0.05) is 11.6 Å². The van der Waals surface area contributed by atoms with Crippen molar-refractivity contribution >= 4 is 40.0 Å². The first-order valence-corrected chi connectivity index (χ1v) is 6.00. The number of nitrogens with zero attached hydrogens (tertiary/aromatic N) is 1. The summed E-state index contributed by atoms with van der Waals surface area (Å²) in [6.45, 7) is 2.23. The summed E-state index contributed by atoms with van der Waals surface area (Å²) in [7, 11) is 0. The van der Waals surface area contributed by atoms with E-state index in [2.05, 4.69) is 0 Å². The number of aryl methyl sites for hydroxylation is 1. The molecule has 1 saturated heterocycles. The summed E-state index contributed by atoms with van der Waals surface area (Å²) in [5.41, 5.74) is 1.70. The Morgan fingerprint density at radius 2 is 2.18 bits per heavy atom. The van der Waals surface area contributed by atoms with E-state index in [-0.39, 0.29) is 12.3 Å². The number of hydrogen-bond donors (Lipinski definition) is 0. The van der Waals surface area contributed by atoms with Crippen LogP contribution in [0.5, 0.6) is 0 Å². The van der Waals surface area contributed by atoms with Gasteiger partial charge in [-0.25, -0.2) is 0 Å². The van der Waals surface area contributed by atoms with Crippen LogP contribution in [-0.2, 0) is 9.59 Å². The molecule has 5 heteroatoms. The Morgan fingerprint density at radius 3 is 2.71 bits per heavy atom. The van der Waals surface area contributed by atoms with Crippen LogP contribution in [0.1, 0.15) is 12.0 Å². The molecule has 1 aliphatic rings. The average molecular weight is 272 g/mol. The zero-order valence-corrected chi connectivity index (χ0v) is 10.8. The van der Waals surface area contributed by atoms with Gasteiger partial charge >= 0.3 is 0 Å². The molecule has 0 aromatic heterocycles. The predicted molar refractivity (Wildman–Crippen MR) is 67.5 cm³/mol. The molecule has 1 atom stereocenters. The van der Waals surface area contributed by atoms with Crippen molar-refractivity contribution in [2.45, 2.75) is 13.3 Å². The Labute approximate surface area is 109 Å². The van der Waals surface area contributed by atoms with Crippen molar-refractivity contribution in [3.05, 3.63) is 28.8 Å². The maximum Gasteiger partial charge on any atom is 0.227 e. The first kappa shape index (κ1) is 12.4. The minimum atomic E-state index is -0.451.